The predicted molar refractivity (Wildman–Crippen MR) is 77.1 cm³/mol. The highest BCUT2D eigenvalue weighted by Crippen LogP contribution is 2.44. The maximum atomic E-state index is 12.1. The molecule has 1 heterocycles. The predicted octanol–water partition coefficient (Wildman–Crippen LogP) is 1.28. The lowest BCUT2D eigenvalue weighted by atomic mass is 9.94. The van der Waals surface area contributed by atoms with Gasteiger partial charge in [0.2, 0.25) is 5.91 Å². The molecule has 0 radical (unpaired) electrons. The van der Waals surface area contributed by atoms with Crippen molar-refractivity contribution in [1.82, 2.24) is 5.32 Å². The Morgan fingerprint density at radius 1 is 1.21 bits per heavy atom. The van der Waals surface area contributed by atoms with Crippen molar-refractivity contribution in [1.29, 1.82) is 0 Å². The van der Waals surface area contributed by atoms with Crippen molar-refractivity contribution in [3.05, 3.63) is 0 Å². The van der Waals surface area contributed by atoms with Crippen molar-refractivity contribution >= 4 is 17.7 Å². The molecule has 2 aliphatic carbocycles. The van der Waals surface area contributed by atoms with Crippen LogP contribution >= 0.6 is 11.8 Å². The molecule has 1 amide bonds. The molecular weight excluding hydrogens is 260 g/mol. The van der Waals surface area contributed by atoms with E-state index >= 15 is 0 Å². The summed E-state index contributed by atoms with van der Waals surface area (Å²) in [4.78, 5) is 12.1. The number of thioether (sulfide) groups is 1. The zero-order valence-electron chi connectivity index (χ0n) is 11.4. The summed E-state index contributed by atoms with van der Waals surface area (Å²) in [6.07, 6.45) is 6.91. The Morgan fingerprint density at radius 2 is 1.89 bits per heavy atom. The van der Waals surface area contributed by atoms with E-state index < -0.39 is 5.54 Å². The molecule has 0 aromatic carbocycles. The number of nitrogens with one attached hydrogen (secondary N) is 1. The number of primary amides is 1. The standard InChI is InChI=1S/C14H24N2O2S/c15-13(17)14(10-1-2-10,16-11-3-4-11)9-19-12-5-7-18-8-6-12/h10-12,16H,1-9H2,(H2,15,17). The molecule has 1 saturated heterocycles. The van der Waals surface area contributed by atoms with E-state index in [1.54, 1.807) is 0 Å². The number of carbonyl (C=O) groups excluding carboxylic acids is 1. The van der Waals surface area contributed by atoms with Crippen LogP contribution in [0, 0.1) is 5.92 Å². The first kappa shape index (κ1) is 13.7. The zero-order valence-corrected chi connectivity index (χ0v) is 12.2. The molecule has 0 bridgehead atoms. The Bertz CT molecular complexity index is 338. The van der Waals surface area contributed by atoms with Gasteiger partial charge in [0.15, 0.2) is 0 Å². The molecule has 108 valence electrons. The molecule has 1 atom stereocenters. The van der Waals surface area contributed by atoms with E-state index in [2.05, 4.69) is 5.32 Å². The van der Waals surface area contributed by atoms with Gasteiger partial charge < -0.3 is 10.5 Å². The molecule has 2 saturated carbocycles. The van der Waals surface area contributed by atoms with Gasteiger partial charge in [-0.2, -0.15) is 11.8 Å². The maximum Gasteiger partial charge on any atom is 0.238 e. The second kappa shape index (κ2) is 5.62. The first-order chi connectivity index (χ1) is 9.21. The summed E-state index contributed by atoms with van der Waals surface area (Å²) in [6, 6.07) is 0.531. The summed E-state index contributed by atoms with van der Waals surface area (Å²) < 4.78 is 5.39. The third kappa shape index (κ3) is 3.26. The molecular formula is C14H24N2O2S. The van der Waals surface area contributed by atoms with E-state index in [1.807, 2.05) is 11.8 Å². The van der Waals surface area contributed by atoms with Crippen LogP contribution in [0.3, 0.4) is 0 Å². The fraction of sp³-hybridized carbons (Fsp3) is 0.929. The normalized spacial score (nSPS) is 28.0. The minimum atomic E-state index is -0.440. The number of rotatable bonds is 7. The number of hydrogen-bond donors (Lipinski definition) is 2. The molecule has 3 fully saturated rings. The van der Waals surface area contributed by atoms with Gasteiger partial charge in [-0.25, -0.2) is 0 Å². The Balaban J connectivity index is 1.61. The number of amides is 1. The summed E-state index contributed by atoms with van der Waals surface area (Å²) in [5, 5.41) is 4.21. The Morgan fingerprint density at radius 3 is 2.42 bits per heavy atom. The van der Waals surface area contributed by atoms with Gasteiger partial charge in [-0.1, -0.05) is 0 Å². The van der Waals surface area contributed by atoms with Gasteiger partial charge in [-0.15, -0.1) is 0 Å². The first-order valence-electron chi connectivity index (χ1n) is 7.47. The van der Waals surface area contributed by atoms with Gasteiger partial charge in [0.25, 0.3) is 0 Å². The van der Waals surface area contributed by atoms with E-state index in [4.69, 9.17) is 10.5 Å². The summed E-state index contributed by atoms with van der Waals surface area (Å²) in [7, 11) is 0. The third-order valence-electron chi connectivity index (χ3n) is 4.47. The molecule has 19 heavy (non-hydrogen) atoms. The molecule has 0 aromatic rings. The van der Waals surface area contributed by atoms with E-state index in [1.165, 1.54) is 12.8 Å². The minimum absolute atomic E-state index is 0.138. The highest BCUT2D eigenvalue weighted by Gasteiger charge is 2.52. The molecule has 4 nitrogen and oxygen atoms in total. The minimum Gasteiger partial charge on any atom is -0.381 e. The topological polar surface area (TPSA) is 64.4 Å². The highest BCUT2D eigenvalue weighted by molar-refractivity contribution is 8.00. The molecule has 0 spiro atoms. The fourth-order valence-corrected chi connectivity index (χ4v) is 4.37. The van der Waals surface area contributed by atoms with Crippen molar-refractivity contribution in [3.63, 3.8) is 0 Å². The van der Waals surface area contributed by atoms with Gasteiger partial charge in [-0.05, 0) is 44.4 Å². The van der Waals surface area contributed by atoms with Crippen molar-refractivity contribution in [2.75, 3.05) is 19.0 Å². The lowest BCUT2D eigenvalue weighted by molar-refractivity contribution is -0.124. The summed E-state index contributed by atoms with van der Waals surface area (Å²) in [5.41, 5.74) is 5.32. The number of hydrogen-bond acceptors (Lipinski definition) is 4. The largest absolute Gasteiger partial charge is 0.381 e. The first-order valence-corrected chi connectivity index (χ1v) is 8.52. The highest BCUT2D eigenvalue weighted by atomic mass is 32.2. The molecule has 3 rings (SSSR count). The van der Waals surface area contributed by atoms with Gasteiger partial charge in [0.1, 0.15) is 5.54 Å². The number of ether oxygens (including phenoxy) is 1. The van der Waals surface area contributed by atoms with Crippen LogP contribution in [0.15, 0.2) is 0 Å². The van der Waals surface area contributed by atoms with Crippen LogP contribution in [-0.2, 0) is 9.53 Å². The fourth-order valence-electron chi connectivity index (χ4n) is 2.88. The van der Waals surface area contributed by atoms with E-state index in [-0.39, 0.29) is 5.91 Å². The van der Waals surface area contributed by atoms with E-state index in [9.17, 15) is 4.79 Å². The van der Waals surface area contributed by atoms with Crippen molar-refractivity contribution < 1.29 is 9.53 Å². The number of nitrogens with two attached hydrogens (primary N) is 1. The quantitative estimate of drug-likeness (QED) is 0.739. The molecule has 1 aliphatic heterocycles. The average Bonchev–Trinajstić information content (AvgIpc) is 3.28. The van der Waals surface area contributed by atoms with Crippen LogP contribution in [-0.4, -0.2) is 41.7 Å². The summed E-state index contributed by atoms with van der Waals surface area (Å²) >= 11 is 1.93. The lowest BCUT2D eigenvalue weighted by Gasteiger charge is -2.34. The molecule has 3 N–H and O–H groups in total. The van der Waals surface area contributed by atoms with E-state index in [0.29, 0.717) is 17.2 Å². The monoisotopic (exact) mass is 284 g/mol. The van der Waals surface area contributed by atoms with Crippen LogP contribution in [0.4, 0.5) is 0 Å². The van der Waals surface area contributed by atoms with Crippen molar-refractivity contribution in [2.45, 2.75) is 55.4 Å². The van der Waals surface area contributed by atoms with Crippen LogP contribution < -0.4 is 11.1 Å². The summed E-state index contributed by atoms with van der Waals surface area (Å²) in [5.74, 6) is 1.17. The Kier molecular flexibility index (Phi) is 4.06. The third-order valence-corrected chi connectivity index (χ3v) is 6.03. The SMILES string of the molecule is NC(=O)C(CSC1CCOCC1)(NC1CC1)C1CC1. The van der Waals surface area contributed by atoms with Crippen LogP contribution in [0.1, 0.15) is 38.5 Å². The van der Waals surface area contributed by atoms with E-state index in [0.717, 1.165) is 44.6 Å². The van der Waals surface area contributed by atoms with Gasteiger partial charge in [0.05, 0.1) is 0 Å². The Hall–Kier alpha value is -0.260. The van der Waals surface area contributed by atoms with Gasteiger partial charge in [0, 0.05) is 30.3 Å². The second-order valence-electron chi connectivity index (χ2n) is 6.15. The Labute approximate surface area is 119 Å². The molecule has 1 unspecified atom stereocenters. The van der Waals surface area contributed by atoms with Gasteiger partial charge >= 0.3 is 0 Å². The van der Waals surface area contributed by atoms with Crippen LogP contribution in [0.5, 0.6) is 0 Å². The van der Waals surface area contributed by atoms with Crippen molar-refractivity contribution in [2.24, 2.45) is 11.7 Å². The van der Waals surface area contributed by atoms with Crippen LogP contribution in [0.25, 0.3) is 0 Å². The number of carbonyl (C=O) groups is 1. The van der Waals surface area contributed by atoms with Crippen LogP contribution in [0.2, 0.25) is 0 Å². The molecule has 5 heteroatoms. The molecule has 3 aliphatic rings. The second-order valence-corrected chi connectivity index (χ2v) is 7.44. The van der Waals surface area contributed by atoms with Crippen molar-refractivity contribution in [3.8, 4) is 0 Å². The zero-order chi connectivity index (χ0) is 13.3. The smallest absolute Gasteiger partial charge is 0.238 e. The molecule has 0 aromatic heterocycles. The van der Waals surface area contributed by atoms with Gasteiger partial charge in [-0.3, -0.25) is 10.1 Å². The average molecular weight is 284 g/mol. The maximum absolute atomic E-state index is 12.1. The lowest BCUT2D eigenvalue weighted by Crippen LogP contribution is -2.60. The summed E-state index contributed by atoms with van der Waals surface area (Å²) in [6.45, 7) is 1.72.